The maximum atomic E-state index is 11.1. The highest BCUT2D eigenvalue weighted by Crippen LogP contribution is 2.22. The van der Waals surface area contributed by atoms with E-state index < -0.39 is 5.97 Å². The minimum absolute atomic E-state index is 0.146. The van der Waals surface area contributed by atoms with Crippen molar-refractivity contribution in [3.63, 3.8) is 0 Å². The molecule has 1 aromatic heterocycles. The Labute approximate surface area is 106 Å². The van der Waals surface area contributed by atoms with Gasteiger partial charge in [-0.3, -0.25) is 0 Å². The molecule has 0 bridgehead atoms. The van der Waals surface area contributed by atoms with Crippen LogP contribution in [0, 0.1) is 0 Å². The van der Waals surface area contributed by atoms with E-state index in [1.807, 2.05) is 11.8 Å². The predicted molar refractivity (Wildman–Crippen MR) is 65.9 cm³/mol. The van der Waals surface area contributed by atoms with Gasteiger partial charge in [-0.05, 0) is 25.8 Å². The number of carbonyl (C=O) groups is 1. The van der Waals surface area contributed by atoms with Crippen LogP contribution in [0.15, 0.2) is 12.3 Å². The van der Waals surface area contributed by atoms with Gasteiger partial charge in [-0.15, -0.1) is 5.10 Å². The molecule has 1 aliphatic heterocycles. The second-order valence-corrected chi connectivity index (χ2v) is 4.24. The first kappa shape index (κ1) is 12.8. The molecule has 2 rings (SSSR count). The molecule has 0 saturated carbocycles. The van der Waals surface area contributed by atoms with E-state index >= 15 is 0 Å². The van der Waals surface area contributed by atoms with Gasteiger partial charge in [-0.2, -0.15) is 5.10 Å². The lowest BCUT2D eigenvalue weighted by Crippen LogP contribution is -2.41. The Morgan fingerprint density at radius 3 is 3.22 bits per heavy atom. The molecule has 1 unspecified atom stereocenters. The van der Waals surface area contributed by atoms with Crippen LogP contribution >= 0.6 is 0 Å². The van der Waals surface area contributed by atoms with Crippen molar-refractivity contribution >= 4 is 11.8 Å². The molecule has 1 aliphatic rings. The van der Waals surface area contributed by atoms with Crippen molar-refractivity contribution in [2.75, 3.05) is 24.6 Å². The Hall–Kier alpha value is -1.69. The van der Waals surface area contributed by atoms with E-state index in [1.165, 1.54) is 12.3 Å². The van der Waals surface area contributed by atoms with Crippen molar-refractivity contribution in [1.29, 1.82) is 0 Å². The van der Waals surface area contributed by atoms with Crippen LogP contribution in [0.4, 0.5) is 5.82 Å². The highest BCUT2D eigenvalue weighted by Gasteiger charge is 2.24. The summed E-state index contributed by atoms with van der Waals surface area (Å²) in [5.41, 5.74) is 0.196. The summed E-state index contributed by atoms with van der Waals surface area (Å²) in [6.07, 6.45) is 3.52. The maximum Gasteiger partial charge on any atom is 0.339 e. The fraction of sp³-hybridized carbons (Fsp3) is 0.583. The lowest BCUT2D eigenvalue weighted by Gasteiger charge is -2.33. The average Bonchev–Trinajstić information content (AvgIpc) is 2.39. The molecular formula is C12H17N3O3. The molecule has 1 saturated heterocycles. The van der Waals surface area contributed by atoms with Gasteiger partial charge in [0, 0.05) is 19.7 Å². The van der Waals surface area contributed by atoms with Crippen molar-refractivity contribution in [3.8, 4) is 0 Å². The summed E-state index contributed by atoms with van der Waals surface area (Å²) in [6, 6.07) is 1.48. The van der Waals surface area contributed by atoms with Gasteiger partial charge >= 0.3 is 5.97 Å². The quantitative estimate of drug-likeness (QED) is 0.866. The number of hydrogen-bond donors (Lipinski definition) is 1. The molecule has 6 nitrogen and oxygen atoms in total. The third-order valence-corrected chi connectivity index (χ3v) is 3.01. The van der Waals surface area contributed by atoms with E-state index in [9.17, 15) is 4.79 Å². The fourth-order valence-electron chi connectivity index (χ4n) is 2.23. The number of carboxylic acid groups (broad SMARTS) is 1. The molecule has 1 fully saturated rings. The zero-order valence-corrected chi connectivity index (χ0v) is 10.4. The maximum absolute atomic E-state index is 11.1. The predicted octanol–water partition coefficient (Wildman–Crippen LogP) is 1.18. The summed E-state index contributed by atoms with van der Waals surface area (Å²) in [4.78, 5) is 13.1. The molecule has 0 aliphatic carbocycles. The van der Waals surface area contributed by atoms with E-state index in [1.54, 1.807) is 0 Å². The molecule has 1 aromatic rings. The van der Waals surface area contributed by atoms with Crippen LogP contribution in [0.1, 0.15) is 30.1 Å². The molecule has 98 valence electrons. The number of nitrogens with zero attached hydrogens (tertiary/aromatic N) is 3. The molecule has 0 amide bonds. The number of ether oxygens (including phenoxy) is 1. The first-order valence-corrected chi connectivity index (χ1v) is 6.14. The second kappa shape index (κ2) is 5.77. The summed E-state index contributed by atoms with van der Waals surface area (Å²) in [5.74, 6) is -0.534. The van der Waals surface area contributed by atoms with Crippen molar-refractivity contribution in [2.24, 2.45) is 0 Å². The standard InChI is InChI=1S/C12H17N3O3/c1-2-18-9-4-3-7-15(8-9)11-10(12(16)17)5-6-13-14-11/h5-6,9H,2-4,7-8H2,1H3,(H,16,17). The minimum atomic E-state index is -0.974. The normalized spacial score (nSPS) is 19.8. The molecule has 0 radical (unpaired) electrons. The van der Waals surface area contributed by atoms with Crippen LogP contribution in [-0.4, -0.2) is 47.1 Å². The van der Waals surface area contributed by atoms with Crippen molar-refractivity contribution in [3.05, 3.63) is 17.8 Å². The first-order chi connectivity index (χ1) is 8.72. The van der Waals surface area contributed by atoms with Gasteiger partial charge in [-0.1, -0.05) is 0 Å². The average molecular weight is 251 g/mol. The van der Waals surface area contributed by atoms with Crippen LogP contribution in [0.3, 0.4) is 0 Å². The molecule has 2 heterocycles. The van der Waals surface area contributed by atoms with Crippen LogP contribution in [0.5, 0.6) is 0 Å². The van der Waals surface area contributed by atoms with Crippen LogP contribution < -0.4 is 4.90 Å². The Balaban J connectivity index is 2.18. The van der Waals surface area contributed by atoms with Gasteiger partial charge in [0.05, 0.1) is 12.3 Å². The van der Waals surface area contributed by atoms with Crippen molar-refractivity contribution in [2.45, 2.75) is 25.9 Å². The smallest absolute Gasteiger partial charge is 0.339 e. The van der Waals surface area contributed by atoms with Gasteiger partial charge in [0.15, 0.2) is 5.82 Å². The third kappa shape index (κ3) is 2.76. The zero-order chi connectivity index (χ0) is 13.0. The lowest BCUT2D eigenvalue weighted by molar-refractivity contribution is 0.0522. The summed E-state index contributed by atoms with van der Waals surface area (Å²) >= 11 is 0. The highest BCUT2D eigenvalue weighted by atomic mass is 16.5. The SMILES string of the molecule is CCOC1CCCN(c2nnccc2C(=O)O)C1. The van der Waals surface area contributed by atoms with E-state index in [0.29, 0.717) is 19.0 Å². The van der Waals surface area contributed by atoms with Crippen molar-refractivity contribution in [1.82, 2.24) is 10.2 Å². The molecule has 1 N–H and O–H groups in total. The zero-order valence-electron chi connectivity index (χ0n) is 10.4. The summed E-state index contributed by atoms with van der Waals surface area (Å²) in [5, 5.41) is 16.9. The molecule has 1 atom stereocenters. The molecule has 6 heteroatoms. The Kier molecular flexibility index (Phi) is 4.09. The van der Waals surface area contributed by atoms with Gasteiger partial charge < -0.3 is 14.7 Å². The topological polar surface area (TPSA) is 75.5 Å². The molecular weight excluding hydrogens is 234 g/mol. The number of aromatic carboxylic acids is 1. The van der Waals surface area contributed by atoms with Gasteiger partial charge in [0.2, 0.25) is 0 Å². The number of anilines is 1. The summed E-state index contributed by atoms with van der Waals surface area (Å²) in [6.45, 7) is 4.10. The van der Waals surface area contributed by atoms with E-state index in [-0.39, 0.29) is 11.7 Å². The molecule has 0 aromatic carbocycles. The third-order valence-electron chi connectivity index (χ3n) is 3.01. The Bertz CT molecular complexity index is 423. The van der Waals surface area contributed by atoms with E-state index in [4.69, 9.17) is 9.84 Å². The van der Waals surface area contributed by atoms with Crippen LogP contribution in [-0.2, 0) is 4.74 Å². The molecule has 0 spiro atoms. The number of aromatic nitrogens is 2. The van der Waals surface area contributed by atoms with Crippen molar-refractivity contribution < 1.29 is 14.6 Å². The summed E-state index contributed by atoms with van der Waals surface area (Å²) in [7, 11) is 0. The number of hydrogen-bond acceptors (Lipinski definition) is 5. The highest BCUT2D eigenvalue weighted by molar-refractivity contribution is 5.93. The molecule has 18 heavy (non-hydrogen) atoms. The largest absolute Gasteiger partial charge is 0.478 e. The van der Waals surface area contributed by atoms with Gasteiger partial charge in [-0.25, -0.2) is 4.79 Å². The fourth-order valence-corrected chi connectivity index (χ4v) is 2.23. The van der Waals surface area contributed by atoms with E-state index in [0.717, 1.165) is 19.4 Å². The monoisotopic (exact) mass is 251 g/mol. The second-order valence-electron chi connectivity index (χ2n) is 4.24. The van der Waals surface area contributed by atoms with Gasteiger partial charge in [0.1, 0.15) is 5.56 Å². The Morgan fingerprint density at radius 1 is 1.67 bits per heavy atom. The number of rotatable bonds is 4. The van der Waals surface area contributed by atoms with Crippen LogP contribution in [0.2, 0.25) is 0 Å². The number of piperidine rings is 1. The summed E-state index contributed by atoms with van der Waals surface area (Å²) < 4.78 is 5.60. The first-order valence-electron chi connectivity index (χ1n) is 6.14. The van der Waals surface area contributed by atoms with E-state index in [2.05, 4.69) is 10.2 Å². The Morgan fingerprint density at radius 2 is 2.50 bits per heavy atom. The minimum Gasteiger partial charge on any atom is -0.478 e. The van der Waals surface area contributed by atoms with Crippen LogP contribution in [0.25, 0.3) is 0 Å². The van der Waals surface area contributed by atoms with Gasteiger partial charge in [0.25, 0.3) is 0 Å². The number of carboxylic acids is 1. The lowest BCUT2D eigenvalue weighted by atomic mass is 10.1.